The van der Waals surface area contributed by atoms with Gasteiger partial charge in [-0.3, -0.25) is 9.79 Å². The Bertz CT molecular complexity index is 563. The van der Waals surface area contributed by atoms with E-state index in [4.69, 9.17) is 0 Å². The number of hydrogen-bond acceptors (Lipinski definition) is 3. The molecule has 1 amide bonds. The van der Waals surface area contributed by atoms with Gasteiger partial charge < -0.3 is 20.4 Å². The van der Waals surface area contributed by atoms with Gasteiger partial charge in [0.05, 0.1) is 0 Å². The van der Waals surface area contributed by atoms with Crippen LogP contribution in [0.4, 0.5) is 0 Å². The van der Waals surface area contributed by atoms with Crippen LogP contribution < -0.4 is 10.6 Å². The van der Waals surface area contributed by atoms with Crippen LogP contribution in [0.15, 0.2) is 4.99 Å². The highest BCUT2D eigenvalue weighted by atomic mass is 127. The summed E-state index contributed by atoms with van der Waals surface area (Å²) in [4.78, 5) is 21.6. The Morgan fingerprint density at radius 1 is 1.17 bits per heavy atom. The summed E-state index contributed by atoms with van der Waals surface area (Å²) in [7, 11) is 6.26. The van der Waals surface area contributed by atoms with Gasteiger partial charge in [0.1, 0.15) is 0 Å². The first-order chi connectivity index (χ1) is 13.4. The summed E-state index contributed by atoms with van der Waals surface area (Å²) in [5.74, 6) is 2.31. The third-order valence-electron chi connectivity index (χ3n) is 7.37. The van der Waals surface area contributed by atoms with Crippen LogP contribution in [0, 0.1) is 11.8 Å². The number of hydrogen-bond donors (Lipinski definition) is 2. The molecule has 2 N–H and O–H groups in total. The van der Waals surface area contributed by atoms with E-state index >= 15 is 0 Å². The highest BCUT2D eigenvalue weighted by Gasteiger charge is 2.37. The summed E-state index contributed by atoms with van der Waals surface area (Å²) in [5, 5.41) is 7.18. The van der Waals surface area contributed by atoms with Crippen molar-refractivity contribution in [1.82, 2.24) is 20.4 Å². The van der Waals surface area contributed by atoms with Gasteiger partial charge in [-0.1, -0.05) is 32.6 Å². The second kappa shape index (κ2) is 11.2. The first-order valence-corrected chi connectivity index (χ1v) is 11.4. The maximum atomic E-state index is 12.7. The molecule has 0 spiro atoms. The van der Waals surface area contributed by atoms with Crippen molar-refractivity contribution in [2.24, 2.45) is 16.8 Å². The van der Waals surface area contributed by atoms with Crippen LogP contribution in [0.25, 0.3) is 0 Å². The predicted molar refractivity (Wildman–Crippen MR) is 131 cm³/mol. The molecule has 3 rings (SSSR count). The molecule has 3 fully saturated rings. The van der Waals surface area contributed by atoms with Crippen LogP contribution in [0.5, 0.6) is 0 Å². The molecule has 1 aliphatic heterocycles. The second-order valence-electron chi connectivity index (χ2n) is 9.64. The molecule has 0 aromatic carbocycles. The van der Waals surface area contributed by atoms with Crippen molar-refractivity contribution in [3.05, 3.63) is 0 Å². The number of guanidine groups is 1. The second-order valence-corrected chi connectivity index (χ2v) is 9.64. The van der Waals surface area contributed by atoms with E-state index in [0.717, 1.165) is 50.8 Å². The molecule has 0 aromatic rings. The molecule has 2 saturated carbocycles. The average Bonchev–Trinajstić information content (AvgIpc) is 3.36. The zero-order chi connectivity index (χ0) is 20.1. The number of carbonyl (C=O) groups is 1. The van der Waals surface area contributed by atoms with Crippen LogP contribution in [0.2, 0.25) is 0 Å². The zero-order valence-electron chi connectivity index (χ0n) is 18.9. The van der Waals surface area contributed by atoms with Gasteiger partial charge in [0.15, 0.2) is 5.96 Å². The summed E-state index contributed by atoms with van der Waals surface area (Å²) in [6.45, 7) is 4.98. The largest absolute Gasteiger partial charge is 0.355 e. The molecule has 29 heavy (non-hydrogen) atoms. The summed E-state index contributed by atoms with van der Waals surface area (Å²) in [6.07, 6.45) is 10.7. The number of aliphatic imine (C=N–C) groups is 1. The quantitative estimate of drug-likeness (QED) is 0.333. The van der Waals surface area contributed by atoms with Gasteiger partial charge in [0, 0.05) is 44.2 Å². The third-order valence-corrected chi connectivity index (χ3v) is 7.37. The smallest absolute Gasteiger partial charge is 0.225 e. The molecule has 1 heterocycles. The number of rotatable bonds is 5. The lowest BCUT2D eigenvalue weighted by molar-refractivity contribution is -0.134. The van der Waals surface area contributed by atoms with Gasteiger partial charge in [0.25, 0.3) is 0 Å². The van der Waals surface area contributed by atoms with Gasteiger partial charge in [-0.25, -0.2) is 0 Å². The van der Waals surface area contributed by atoms with Gasteiger partial charge >= 0.3 is 0 Å². The average molecular weight is 520 g/mol. The Kier molecular flexibility index (Phi) is 9.51. The van der Waals surface area contributed by atoms with Gasteiger partial charge in [-0.15, -0.1) is 24.0 Å². The van der Waals surface area contributed by atoms with E-state index in [2.05, 4.69) is 46.4 Å². The van der Waals surface area contributed by atoms with Crippen molar-refractivity contribution in [3.8, 4) is 0 Å². The first-order valence-electron chi connectivity index (χ1n) is 11.4. The molecule has 168 valence electrons. The van der Waals surface area contributed by atoms with Crippen molar-refractivity contribution < 1.29 is 4.79 Å². The molecule has 2 aliphatic carbocycles. The molecule has 6 nitrogen and oxygen atoms in total. The molecular formula is C22H42IN5O. The number of nitrogens with zero attached hydrogens (tertiary/aromatic N) is 3. The Morgan fingerprint density at radius 3 is 2.52 bits per heavy atom. The fourth-order valence-corrected chi connectivity index (χ4v) is 5.50. The molecule has 1 saturated heterocycles. The summed E-state index contributed by atoms with van der Waals surface area (Å²) >= 11 is 0. The monoisotopic (exact) mass is 519 g/mol. The number of carbonyl (C=O) groups excluding carboxylic acids is 1. The van der Waals surface area contributed by atoms with E-state index in [-0.39, 0.29) is 35.4 Å². The van der Waals surface area contributed by atoms with Gasteiger partial charge in [-0.05, 0) is 52.1 Å². The Labute approximate surface area is 194 Å². The van der Waals surface area contributed by atoms with Crippen LogP contribution in [0.1, 0.15) is 64.7 Å². The number of likely N-dealkylation sites (N-methyl/N-ethyl adjacent to an activating group) is 1. The van der Waals surface area contributed by atoms with E-state index in [1.807, 2.05) is 7.05 Å². The van der Waals surface area contributed by atoms with Crippen molar-refractivity contribution in [1.29, 1.82) is 0 Å². The van der Waals surface area contributed by atoms with Crippen LogP contribution in [0.3, 0.4) is 0 Å². The lowest BCUT2D eigenvalue weighted by Crippen LogP contribution is -2.57. The van der Waals surface area contributed by atoms with Crippen LogP contribution >= 0.6 is 24.0 Å². The maximum Gasteiger partial charge on any atom is 0.225 e. The molecule has 0 aromatic heterocycles. The highest BCUT2D eigenvalue weighted by molar-refractivity contribution is 14.0. The first kappa shape index (κ1) is 24.7. The standard InChI is InChI=1S/C22H41N5O.HI/c1-17-8-7-12-22(14-17,26(3)4)16-24-21(23-2)25-19-11-13-27(15-19)20(28)18-9-5-6-10-18;/h17-19H,5-16H2,1-4H3,(H2,23,24,25);1H. The summed E-state index contributed by atoms with van der Waals surface area (Å²) < 4.78 is 0. The highest BCUT2D eigenvalue weighted by Crippen LogP contribution is 2.35. The van der Waals surface area contributed by atoms with Gasteiger partial charge in [-0.2, -0.15) is 0 Å². The fraction of sp³-hybridized carbons (Fsp3) is 0.909. The molecule has 0 radical (unpaired) electrons. The molecule has 7 heteroatoms. The normalized spacial score (nSPS) is 31.1. The summed E-state index contributed by atoms with van der Waals surface area (Å²) in [6, 6.07) is 0.303. The Hall–Kier alpha value is -0.570. The van der Waals surface area contributed by atoms with E-state index in [9.17, 15) is 4.79 Å². The summed E-state index contributed by atoms with van der Waals surface area (Å²) in [5.41, 5.74) is 0.204. The minimum absolute atomic E-state index is 0. The minimum Gasteiger partial charge on any atom is -0.355 e. The number of likely N-dealkylation sites (tertiary alicyclic amines) is 1. The van der Waals surface area contributed by atoms with Crippen molar-refractivity contribution >= 4 is 35.8 Å². The number of halogens is 1. The molecular weight excluding hydrogens is 477 g/mol. The van der Waals surface area contributed by atoms with Crippen molar-refractivity contribution in [2.75, 3.05) is 40.8 Å². The molecule has 3 aliphatic rings. The van der Waals surface area contributed by atoms with Crippen molar-refractivity contribution in [2.45, 2.75) is 76.3 Å². The van der Waals surface area contributed by atoms with E-state index in [0.29, 0.717) is 11.9 Å². The lowest BCUT2D eigenvalue weighted by atomic mass is 9.75. The third kappa shape index (κ3) is 6.21. The SMILES string of the molecule is CN=C(NCC1(N(C)C)CCCC(C)C1)NC1CCN(C(=O)C2CCCC2)C1.I. The van der Waals surface area contributed by atoms with Gasteiger partial charge in [0.2, 0.25) is 5.91 Å². The fourth-order valence-electron chi connectivity index (χ4n) is 5.50. The lowest BCUT2D eigenvalue weighted by Gasteiger charge is -2.45. The Morgan fingerprint density at radius 2 is 1.90 bits per heavy atom. The Balaban J connectivity index is 0.00000300. The van der Waals surface area contributed by atoms with E-state index in [1.165, 1.54) is 38.5 Å². The number of nitrogens with one attached hydrogen (secondary N) is 2. The number of amides is 1. The molecule has 3 atom stereocenters. The molecule has 3 unspecified atom stereocenters. The van der Waals surface area contributed by atoms with Crippen LogP contribution in [-0.4, -0.2) is 74.0 Å². The van der Waals surface area contributed by atoms with E-state index < -0.39 is 0 Å². The molecule has 0 bridgehead atoms. The topological polar surface area (TPSA) is 60.0 Å². The predicted octanol–water partition coefficient (Wildman–Crippen LogP) is 3.07. The van der Waals surface area contributed by atoms with Crippen molar-refractivity contribution in [3.63, 3.8) is 0 Å². The maximum absolute atomic E-state index is 12.7. The van der Waals surface area contributed by atoms with E-state index in [1.54, 1.807) is 0 Å². The van der Waals surface area contributed by atoms with Crippen LogP contribution in [-0.2, 0) is 4.79 Å². The minimum atomic E-state index is 0. The zero-order valence-corrected chi connectivity index (χ0v) is 21.2.